The van der Waals surface area contributed by atoms with Crippen molar-refractivity contribution >= 4 is 35.6 Å². The molecule has 0 radical (unpaired) electrons. The van der Waals surface area contributed by atoms with Gasteiger partial charge >= 0.3 is 0 Å². The second-order valence-electron chi connectivity index (χ2n) is 11.8. The molecule has 3 fully saturated rings. The lowest BCUT2D eigenvalue weighted by molar-refractivity contribution is -0.138. The molecule has 0 bridgehead atoms. The van der Waals surface area contributed by atoms with Gasteiger partial charge < -0.3 is 14.4 Å². The first-order chi connectivity index (χ1) is 19.0. The number of benzene rings is 2. The number of hydrogen-bond donors (Lipinski definition) is 0. The minimum Gasteiger partial charge on any atom is -0.462 e. The molecular formula is C31H39Cl2FN2O4. The fraction of sp³-hybridized carbons (Fsp3) is 0.548. The number of rotatable bonds is 7. The van der Waals surface area contributed by atoms with Crippen LogP contribution in [0.4, 0.5) is 4.39 Å². The van der Waals surface area contributed by atoms with Gasteiger partial charge in [0.15, 0.2) is 0 Å². The number of carbonyl (C=O) groups excluding carboxylic acids is 2. The Balaban J connectivity index is 0.000000470. The fourth-order valence-electron chi connectivity index (χ4n) is 5.22. The zero-order valence-corrected chi connectivity index (χ0v) is 25.1. The molecule has 3 aliphatic rings. The minimum absolute atomic E-state index is 0.0264. The summed E-state index contributed by atoms with van der Waals surface area (Å²) in [6.45, 7) is 10.2. The first-order valence-corrected chi connectivity index (χ1v) is 14.8. The Bertz CT molecular complexity index is 1170. The van der Waals surface area contributed by atoms with Crippen molar-refractivity contribution in [3.63, 3.8) is 0 Å². The summed E-state index contributed by atoms with van der Waals surface area (Å²) in [5, 5.41) is 1.25. The Labute approximate surface area is 246 Å². The van der Waals surface area contributed by atoms with Crippen LogP contribution in [0.3, 0.4) is 0 Å². The number of amides is 1. The van der Waals surface area contributed by atoms with Gasteiger partial charge in [0.25, 0.3) is 12.4 Å². The average molecular weight is 594 g/mol. The number of halogens is 3. The fourth-order valence-corrected chi connectivity index (χ4v) is 5.79. The van der Waals surface area contributed by atoms with E-state index in [2.05, 4.69) is 9.64 Å². The summed E-state index contributed by atoms with van der Waals surface area (Å²) in [5.74, 6) is -0.120. The van der Waals surface area contributed by atoms with Crippen LogP contribution in [0.15, 0.2) is 30.3 Å². The maximum atomic E-state index is 15.1. The Morgan fingerprint density at radius 2 is 1.75 bits per heavy atom. The molecule has 0 aromatic heterocycles. The molecule has 2 aromatic rings. The number of likely N-dealkylation sites (tertiary alicyclic amines) is 1. The van der Waals surface area contributed by atoms with Gasteiger partial charge in [-0.25, -0.2) is 4.39 Å². The maximum Gasteiger partial charge on any atom is 0.293 e. The summed E-state index contributed by atoms with van der Waals surface area (Å²) in [5.41, 5.74) is 3.11. The Morgan fingerprint density at radius 1 is 1.07 bits per heavy atom. The van der Waals surface area contributed by atoms with Crippen molar-refractivity contribution in [2.24, 2.45) is 0 Å². The summed E-state index contributed by atoms with van der Waals surface area (Å²) < 4.78 is 25.6. The first-order valence-electron chi connectivity index (χ1n) is 14.0. The standard InChI is InChI=1S/C26H29Cl2FN2O2.C5H10O2/c27-20-9-17(10-21(28)13-20)11-22-16-30(7-8-33-22)15-19-12-25(29)24(14-23(19)18-3-4-18)26(32)31-5-1-2-6-31;1-5(2,3)7-4-6/h9-10,12-14,18,22H,1-8,11,15-16H2;4H,1-3H3. The molecular weight excluding hydrogens is 554 g/mol. The van der Waals surface area contributed by atoms with Gasteiger partial charge in [0.1, 0.15) is 11.4 Å². The molecule has 0 spiro atoms. The number of morpholine rings is 1. The topological polar surface area (TPSA) is 59.1 Å². The van der Waals surface area contributed by atoms with E-state index in [0.717, 1.165) is 75.0 Å². The van der Waals surface area contributed by atoms with Crippen LogP contribution >= 0.6 is 23.2 Å². The van der Waals surface area contributed by atoms with E-state index in [-0.39, 0.29) is 23.2 Å². The second kappa shape index (κ2) is 13.6. The van der Waals surface area contributed by atoms with Crippen molar-refractivity contribution < 1.29 is 23.5 Å². The lowest BCUT2D eigenvalue weighted by Gasteiger charge is -2.33. The SMILES string of the molecule is CC(C)(C)OC=O.O=C(c1cc(C2CC2)c(CN2CCOC(Cc3cc(Cl)cc(Cl)c3)C2)cc1F)N1CCCC1. The summed E-state index contributed by atoms with van der Waals surface area (Å²) in [6.07, 6.45) is 4.97. The monoisotopic (exact) mass is 592 g/mol. The largest absolute Gasteiger partial charge is 0.462 e. The molecule has 2 aromatic carbocycles. The van der Waals surface area contributed by atoms with Crippen molar-refractivity contribution in [3.05, 3.63) is 68.4 Å². The van der Waals surface area contributed by atoms with Gasteiger partial charge in [-0.05, 0) is 106 Å². The highest BCUT2D eigenvalue weighted by molar-refractivity contribution is 6.34. The van der Waals surface area contributed by atoms with E-state index in [1.165, 1.54) is 0 Å². The number of carbonyl (C=O) groups is 2. The molecule has 6 nitrogen and oxygen atoms in total. The highest BCUT2D eigenvalue weighted by Crippen LogP contribution is 2.43. The molecule has 1 unspecified atom stereocenters. The molecule has 1 aliphatic carbocycles. The highest BCUT2D eigenvalue weighted by Gasteiger charge is 2.31. The summed E-state index contributed by atoms with van der Waals surface area (Å²) in [7, 11) is 0. The maximum absolute atomic E-state index is 15.1. The molecule has 1 atom stereocenters. The molecule has 40 heavy (non-hydrogen) atoms. The molecule has 2 saturated heterocycles. The third-order valence-corrected chi connectivity index (χ3v) is 7.71. The van der Waals surface area contributed by atoms with E-state index in [1.54, 1.807) is 17.0 Å². The van der Waals surface area contributed by atoms with E-state index in [0.29, 0.717) is 35.6 Å². The second-order valence-corrected chi connectivity index (χ2v) is 12.7. The van der Waals surface area contributed by atoms with Crippen LogP contribution in [0.2, 0.25) is 10.0 Å². The summed E-state index contributed by atoms with van der Waals surface area (Å²) in [6, 6.07) is 9.03. The zero-order valence-electron chi connectivity index (χ0n) is 23.6. The van der Waals surface area contributed by atoms with Crippen molar-refractivity contribution in [1.29, 1.82) is 0 Å². The van der Waals surface area contributed by atoms with Gasteiger partial charge in [-0.3, -0.25) is 14.5 Å². The molecule has 2 heterocycles. The van der Waals surface area contributed by atoms with E-state index < -0.39 is 5.82 Å². The third-order valence-electron chi connectivity index (χ3n) is 7.27. The van der Waals surface area contributed by atoms with Gasteiger partial charge in [-0.1, -0.05) is 23.2 Å². The molecule has 1 saturated carbocycles. The predicted octanol–water partition coefficient (Wildman–Crippen LogP) is 6.65. The van der Waals surface area contributed by atoms with Crippen LogP contribution in [0.25, 0.3) is 0 Å². The van der Waals surface area contributed by atoms with Gasteiger partial charge in [0.05, 0.1) is 18.3 Å². The lowest BCUT2D eigenvalue weighted by atomic mass is 9.97. The minimum atomic E-state index is -0.398. The van der Waals surface area contributed by atoms with Crippen LogP contribution in [0.5, 0.6) is 0 Å². The van der Waals surface area contributed by atoms with Crippen LogP contribution in [-0.2, 0) is 27.2 Å². The van der Waals surface area contributed by atoms with Crippen LogP contribution in [0.1, 0.15) is 79.4 Å². The Morgan fingerprint density at radius 3 is 2.33 bits per heavy atom. The number of hydrogen-bond acceptors (Lipinski definition) is 5. The molecule has 5 rings (SSSR count). The van der Waals surface area contributed by atoms with Crippen molar-refractivity contribution in [2.75, 3.05) is 32.8 Å². The molecule has 1 amide bonds. The van der Waals surface area contributed by atoms with E-state index >= 15 is 4.39 Å². The van der Waals surface area contributed by atoms with E-state index in [4.69, 9.17) is 27.9 Å². The molecule has 218 valence electrons. The third kappa shape index (κ3) is 8.90. The van der Waals surface area contributed by atoms with Gasteiger partial charge in [-0.15, -0.1) is 0 Å². The number of nitrogens with zero attached hydrogens (tertiary/aromatic N) is 2. The highest BCUT2D eigenvalue weighted by atomic mass is 35.5. The predicted molar refractivity (Wildman–Crippen MR) is 156 cm³/mol. The van der Waals surface area contributed by atoms with Gasteiger partial charge in [0, 0.05) is 42.8 Å². The van der Waals surface area contributed by atoms with Crippen LogP contribution in [-0.4, -0.2) is 66.7 Å². The Kier molecular flexibility index (Phi) is 10.5. The van der Waals surface area contributed by atoms with E-state index in [1.807, 2.05) is 39.0 Å². The average Bonchev–Trinajstić information content (AvgIpc) is 3.55. The van der Waals surface area contributed by atoms with E-state index in [9.17, 15) is 9.59 Å². The molecule has 9 heteroatoms. The first kappa shape index (κ1) is 30.8. The molecule has 0 N–H and O–H groups in total. The van der Waals surface area contributed by atoms with Crippen molar-refractivity contribution in [2.45, 2.75) is 77.0 Å². The van der Waals surface area contributed by atoms with Gasteiger partial charge in [-0.2, -0.15) is 0 Å². The summed E-state index contributed by atoms with van der Waals surface area (Å²) in [4.78, 5) is 26.6. The number of ether oxygens (including phenoxy) is 2. The molecule has 2 aliphatic heterocycles. The lowest BCUT2D eigenvalue weighted by Crippen LogP contribution is -2.43. The van der Waals surface area contributed by atoms with Crippen LogP contribution < -0.4 is 0 Å². The van der Waals surface area contributed by atoms with Crippen LogP contribution in [0, 0.1) is 5.82 Å². The Hall–Kier alpha value is -2.19. The smallest absolute Gasteiger partial charge is 0.293 e. The summed E-state index contributed by atoms with van der Waals surface area (Å²) >= 11 is 12.3. The van der Waals surface area contributed by atoms with Crippen molar-refractivity contribution in [3.8, 4) is 0 Å². The normalized spacial score (nSPS) is 19.6. The van der Waals surface area contributed by atoms with Crippen molar-refractivity contribution in [1.82, 2.24) is 9.80 Å². The zero-order chi connectivity index (χ0) is 28.9. The quantitative estimate of drug-likeness (QED) is 0.337. The van der Waals surface area contributed by atoms with Gasteiger partial charge in [0.2, 0.25) is 0 Å².